The van der Waals surface area contributed by atoms with Crippen LogP contribution in [0.1, 0.15) is 33.1 Å². The van der Waals surface area contributed by atoms with Gasteiger partial charge in [0.1, 0.15) is 6.04 Å². The number of esters is 1. The lowest BCUT2D eigenvalue weighted by Gasteiger charge is -2.29. The van der Waals surface area contributed by atoms with E-state index in [1.807, 2.05) is 0 Å². The number of carbonyl (C=O) groups excluding carboxylic acids is 4. The molecule has 310 valence electrons. The number of carbonyl (C=O) groups is 4. The molecule has 3 amide bonds. The van der Waals surface area contributed by atoms with Crippen molar-refractivity contribution in [1.29, 1.82) is 0 Å². The zero-order valence-electron chi connectivity index (χ0n) is 25.6. The van der Waals surface area contributed by atoms with Gasteiger partial charge < -0.3 is 10.1 Å². The number of ether oxygens (including phenoxy) is 1. The molecule has 30 heteroatoms. The van der Waals surface area contributed by atoms with E-state index in [0.29, 0.717) is 0 Å². The first kappa shape index (κ1) is 49.1. The van der Waals surface area contributed by atoms with Crippen molar-refractivity contribution >= 4 is 29.7 Å². The van der Waals surface area contributed by atoms with Gasteiger partial charge in [-0.1, -0.05) is 13.8 Å². The molecule has 1 atom stereocenters. The molecule has 0 aliphatic carbocycles. The van der Waals surface area contributed by atoms with Crippen LogP contribution in [0, 0.1) is 5.92 Å². The molecule has 0 fully saturated rings. The molecule has 1 unspecified atom stereocenters. The average molecular weight is 832 g/mol. The molecule has 0 rings (SSSR count). The smallest absolute Gasteiger partial charge is 0.460 e. The molecule has 9 nitrogen and oxygen atoms in total. The minimum Gasteiger partial charge on any atom is -0.464 e. The van der Waals surface area contributed by atoms with Gasteiger partial charge in [0.2, 0.25) is 5.96 Å². The number of hydrogen-bond acceptors (Lipinski definition) is 6. The molecule has 0 radical (unpaired) electrons. The van der Waals surface area contributed by atoms with Gasteiger partial charge in [-0.15, -0.1) is 0 Å². The maximum Gasteiger partial charge on any atom is 0.460 e. The van der Waals surface area contributed by atoms with Crippen LogP contribution in [0.2, 0.25) is 0 Å². The first-order chi connectivity index (χ1) is 23.2. The predicted molar refractivity (Wildman–Crippen MR) is 128 cm³/mol. The highest BCUT2D eigenvalue weighted by Crippen LogP contribution is 2.48. The van der Waals surface area contributed by atoms with E-state index >= 15 is 0 Å². The normalized spacial score (nSPS) is 14.7. The topological polar surface area (TPSA) is 126 Å². The number of hydrogen-bond donors (Lipinski definition) is 3. The zero-order chi connectivity index (χ0) is 42.6. The second-order valence-corrected chi connectivity index (χ2v) is 10.6. The van der Waals surface area contributed by atoms with E-state index in [1.165, 1.54) is 13.8 Å². The van der Waals surface area contributed by atoms with E-state index < -0.39 is 116 Å². The first-order valence-electron chi connectivity index (χ1n) is 13.4. The Morgan fingerprint density at radius 3 is 1.21 bits per heavy atom. The first-order valence-corrected chi connectivity index (χ1v) is 13.4. The third-order valence-corrected chi connectivity index (χ3v) is 6.02. The largest absolute Gasteiger partial charge is 0.464 e. The Bertz CT molecular complexity index is 1300. The van der Waals surface area contributed by atoms with E-state index in [9.17, 15) is 111 Å². The summed E-state index contributed by atoms with van der Waals surface area (Å²) in [5.41, 5.74) is 0. The fourth-order valence-electron chi connectivity index (χ4n) is 2.92. The monoisotopic (exact) mass is 832 g/mol. The minimum atomic E-state index is -7.36. The summed E-state index contributed by atoms with van der Waals surface area (Å²) in [6.07, 6.45) is -24.5. The van der Waals surface area contributed by atoms with E-state index in [0.717, 1.165) is 5.32 Å². The molecule has 0 bridgehead atoms. The number of rotatable bonds is 15. The summed E-state index contributed by atoms with van der Waals surface area (Å²) in [5, 5.41) is 0.918. The number of amides is 3. The van der Waals surface area contributed by atoms with Crippen LogP contribution in [-0.4, -0.2) is 103 Å². The summed E-state index contributed by atoms with van der Waals surface area (Å²) in [5.74, 6) is -58.9. The van der Waals surface area contributed by atoms with Crippen LogP contribution in [0.3, 0.4) is 0 Å². The van der Waals surface area contributed by atoms with Gasteiger partial charge in [0.25, 0.3) is 5.91 Å². The summed E-state index contributed by atoms with van der Waals surface area (Å²) < 4.78 is 278. The molecule has 0 aliphatic heterocycles. The Morgan fingerprint density at radius 2 is 0.887 bits per heavy atom. The van der Waals surface area contributed by atoms with Crippen molar-refractivity contribution in [3.05, 3.63) is 0 Å². The number of aliphatic imine (C=N–C) groups is 1. The van der Waals surface area contributed by atoms with Crippen LogP contribution >= 0.6 is 0 Å². The van der Waals surface area contributed by atoms with Crippen molar-refractivity contribution < 1.29 is 116 Å². The van der Waals surface area contributed by atoms with E-state index in [2.05, 4.69) is 9.73 Å². The molecule has 0 saturated heterocycles. The van der Waals surface area contributed by atoms with Gasteiger partial charge in [-0.3, -0.25) is 30.0 Å². The molecule has 0 aromatic carbocycles. The molecular formula is C23H21F21N4O5. The highest BCUT2D eigenvalue weighted by atomic mass is 19.4. The molecule has 0 spiro atoms. The maximum absolute atomic E-state index is 13.8. The molecule has 3 N–H and O–H groups in total. The van der Waals surface area contributed by atoms with E-state index in [4.69, 9.17) is 0 Å². The van der Waals surface area contributed by atoms with Gasteiger partial charge >= 0.3 is 71.8 Å². The van der Waals surface area contributed by atoms with Crippen LogP contribution in [-0.2, 0) is 23.9 Å². The Kier molecular flexibility index (Phi) is 15.0. The minimum absolute atomic E-state index is 0.0716. The highest BCUT2D eigenvalue weighted by Gasteiger charge is 2.78. The maximum atomic E-state index is 13.8. The predicted octanol–water partition coefficient (Wildman–Crippen LogP) is 5.93. The number of nitrogens with one attached hydrogen (secondary N) is 3. The lowest BCUT2D eigenvalue weighted by molar-refractivity contribution is -0.344. The standard InChI is InChI=1S/C23H21F21N4O5/c1-8(2)5-7-53-10(49)9(46-11(50)15(24,25)18(30,31)21(36,37)38)4-3-6-45-14(47-12(51)16(26,27)19(32,33)22(39,40)41)48-13(52)17(28,29)20(34,35)23(42,43)44/h8-9H,3-7H2,1-2H3,(H,46,50)(H2,45,47,48,51,52). The summed E-state index contributed by atoms with van der Waals surface area (Å²) >= 11 is 0. The summed E-state index contributed by atoms with van der Waals surface area (Å²) in [4.78, 5) is 49.8. The lowest BCUT2D eigenvalue weighted by Crippen LogP contribution is -2.64. The summed E-state index contributed by atoms with van der Waals surface area (Å²) in [6.45, 7) is 0.658. The van der Waals surface area contributed by atoms with Crippen LogP contribution in [0.4, 0.5) is 92.2 Å². The highest BCUT2D eigenvalue weighted by molar-refractivity contribution is 6.08. The Morgan fingerprint density at radius 1 is 0.547 bits per heavy atom. The van der Waals surface area contributed by atoms with Crippen molar-refractivity contribution in [2.24, 2.45) is 10.9 Å². The van der Waals surface area contributed by atoms with E-state index in [-0.39, 0.29) is 23.0 Å². The van der Waals surface area contributed by atoms with Crippen molar-refractivity contribution in [2.45, 2.75) is 93.2 Å². The molecule has 0 heterocycles. The fourth-order valence-corrected chi connectivity index (χ4v) is 2.92. The van der Waals surface area contributed by atoms with Crippen molar-refractivity contribution in [3.8, 4) is 0 Å². The van der Waals surface area contributed by atoms with Gasteiger partial charge in [0.05, 0.1) is 6.61 Å². The molecular weight excluding hydrogens is 811 g/mol. The fraction of sp³-hybridized carbons (Fsp3) is 0.783. The Labute approximate surface area is 280 Å². The van der Waals surface area contributed by atoms with E-state index in [1.54, 1.807) is 0 Å². The van der Waals surface area contributed by atoms with Gasteiger partial charge in [-0.2, -0.15) is 92.2 Å². The lowest BCUT2D eigenvalue weighted by atomic mass is 10.1. The van der Waals surface area contributed by atoms with Gasteiger partial charge in [-0.05, 0) is 25.2 Å². The Hall–Kier alpha value is -3.92. The van der Waals surface area contributed by atoms with Crippen molar-refractivity contribution in [2.75, 3.05) is 13.2 Å². The van der Waals surface area contributed by atoms with Gasteiger partial charge in [0, 0.05) is 6.54 Å². The molecule has 0 saturated carbocycles. The number of guanidine groups is 1. The summed E-state index contributed by atoms with van der Waals surface area (Å²) in [6, 6.07) is -2.75. The quantitative estimate of drug-likeness (QED) is 0.0621. The van der Waals surface area contributed by atoms with Crippen molar-refractivity contribution in [1.82, 2.24) is 16.0 Å². The van der Waals surface area contributed by atoms with Crippen LogP contribution in [0.15, 0.2) is 4.99 Å². The van der Waals surface area contributed by atoms with Crippen molar-refractivity contribution in [3.63, 3.8) is 0 Å². The molecule has 53 heavy (non-hydrogen) atoms. The average Bonchev–Trinajstić information content (AvgIpc) is 2.95. The zero-order valence-corrected chi connectivity index (χ0v) is 25.6. The van der Waals surface area contributed by atoms with Crippen LogP contribution in [0.5, 0.6) is 0 Å². The number of halogens is 21. The SMILES string of the molecule is CC(C)CCOC(=O)C(CCCN=C(NC(=O)C(F)(F)C(F)(F)C(F)(F)F)NC(=O)C(F)(F)C(F)(F)C(F)(F)F)NC(=O)C(F)(F)C(F)(F)C(F)(F)F. The third kappa shape index (κ3) is 10.8. The number of nitrogens with zero attached hydrogens (tertiary/aromatic N) is 1. The van der Waals surface area contributed by atoms with Crippen LogP contribution < -0.4 is 16.0 Å². The van der Waals surface area contributed by atoms with Gasteiger partial charge in [-0.25, -0.2) is 4.79 Å². The molecule has 0 aromatic heterocycles. The van der Waals surface area contributed by atoms with Gasteiger partial charge in [0.15, 0.2) is 0 Å². The second kappa shape index (κ2) is 16.2. The third-order valence-electron chi connectivity index (χ3n) is 6.02. The second-order valence-electron chi connectivity index (χ2n) is 10.6. The Balaban J connectivity index is 6.68. The van der Waals surface area contributed by atoms with Crippen LogP contribution in [0.25, 0.3) is 0 Å². The summed E-state index contributed by atoms with van der Waals surface area (Å²) in [7, 11) is 0. The molecule has 0 aromatic rings. The number of alkyl halides is 21. The molecule has 0 aliphatic rings.